The maximum atomic E-state index is 12.7. The van der Waals surface area contributed by atoms with Crippen molar-refractivity contribution in [2.45, 2.75) is 38.1 Å². The molecule has 2 atom stereocenters. The lowest BCUT2D eigenvalue weighted by molar-refractivity contribution is -0.137. The zero-order valence-corrected chi connectivity index (χ0v) is 10.5. The summed E-state index contributed by atoms with van der Waals surface area (Å²) in [6.07, 6.45) is -2.57. The summed E-state index contributed by atoms with van der Waals surface area (Å²) in [6.45, 7) is 2.54. The summed E-state index contributed by atoms with van der Waals surface area (Å²) < 4.78 is 43.4. The molecule has 0 saturated carbocycles. The van der Waals surface area contributed by atoms with E-state index < -0.39 is 11.7 Å². The molecule has 0 bridgehead atoms. The molecular formula is C12H16F3N3O. The van der Waals surface area contributed by atoms with Crippen LogP contribution in [0.2, 0.25) is 0 Å². The SMILES string of the molecule is CC(Nc1cc(C(F)(F)F)cc(N)n1)C1CCCO1. The monoisotopic (exact) mass is 275 g/mol. The van der Waals surface area contributed by atoms with E-state index >= 15 is 0 Å². The fourth-order valence-corrected chi connectivity index (χ4v) is 2.11. The largest absolute Gasteiger partial charge is 0.416 e. The lowest BCUT2D eigenvalue weighted by Gasteiger charge is -2.21. The summed E-state index contributed by atoms with van der Waals surface area (Å²) in [6, 6.07) is 1.67. The van der Waals surface area contributed by atoms with Crippen molar-refractivity contribution in [3.8, 4) is 0 Å². The minimum Gasteiger partial charge on any atom is -0.384 e. The van der Waals surface area contributed by atoms with E-state index in [1.807, 2.05) is 6.92 Å². The van der Waals surface area contributed by atoms with Gasteiger partial charge in [0.2, 0.25) is 0 Å². The number of halogens is 3. The molecule has 0 spiro atoms. The molecule has 3 N–H and O–H groups in total. The van der Waals surface area contributed by atoms with Gasteiger partial charge < -0.3 is 15.8 Å². The Labute approximate surface area is 109 Å². The van der Waals surface area contributed by atoms with Crippen molar-refractivity contribution in [1.29, 1.82) is 0 Å². The van der Waals surface area contributed by atoms with Crippen LogP contribution in [0.3, 0.4) is 0 Å². The fourth-order valence-electron chi connectivity index (χ4n) is 2.11. The Hall–Kier alpha value is -1.50. The van der Waals surface area contributed by atoms with E-state index in [2.05, 4.69) is 10.3 Å². The number of anilines is 2. The Balaban J connectivity index is 2.13. The molecule has 2 unspecified atom stereocenters. The van der Waals surface area contributed by atoms with Crippen LogP contribution in [0.25, 0.3) is 0 Å². The van der Waals surface area contributed by atoms with Crippen LogP contribution in [0.5, 0.6) is 0 Å². The van der Waals surface area contributed by atoms with E-state index in [-0.39, 0.29) is 23.8 Å². The first-order valence-electron chi connectivity index (χ1n) is 6.09. The number of aromatic nitrogens is 1. The molecule has 7 heteroatoms. The zero-order valence-electron chi connectivity index (χ0n) is 10.5. The number of nitrogens with zero attached hydrogens (tertiary/aromatic N) is 1. The Kier molecular flexibility index (Phi) is 3.84. The number of alkyl halides is 3. The van der Waals surface area contributed by atoms with Crippen LogP contribution in [0.15, 0.2) is 12.1 Å². The van der Waals surface area contributed by atoms with Crippen LogP contribution in [0.1, 0.15) is 25.3 Å². The topological polar surface area (TPSA) is 60.2 Å². The zero-order chi connectivity index (χ0) is 14.0. The molecule has 1 aliphatic rings. The maximum Gasteiger partial charge on any atom is 0.416 e. The number of nitrogen functional groups attached to an aromatic ring is 1. The third-order valence-corrected chi connectivity index (χ3v) is 3.07. The van der Waals surface area contributed by atoms with Crippen molar-refractivity contribution in [1.82, 2.24) is 4.98 Å². The third-order valence-electron chi connectivity index (χ3n) is 3.07. The summed E-state index contributed by atoms with van der Waals surface area (Å²) in [4.78, 5) is 3.87. The number of nitrogens with two attached hydrogens (primary N) is 1. The molecule has 2 rings (SSSR count). The molecule has 0 aromatic carbocycles. The molecule has 1 aromatic heterocycles. The molecule has 106 valence electrons. The van der Waals surface area contributed by atoms with E-state index in [4.69, 9.17) is 10.5 Å². The minimum atomic E-state index is -4.43. The molecule has 1 saturated heterocycles. The smallest absolute Gasteiger partial charge is 0.384 e. The van der Waals surface area contributed by atoms with Crippen LogP contribution < -0.4 is 11.1 Å². The maximum absolute atomic E-state index is 12.7. The number of pyridine rings is 1. The summed E-state index contributed by atoms with van der Waals surface area (Å²) >= 11 is 0. The van der Waals surface area contributed by atoms with Gasteiger partial charge in [-0.25, -0.2) is 4.98 Å². The van der Waals surface area contributed by atoms with Crippen molar-refractivity contribution in [3.63, 3.8) is 0 Å². The second-order valence-corrected chi connectivity index (χ2v) is 4.65. The van der Waals surface area contributed by atoms with E-state index in [1.54, 1.807) is 0 Å². The van der Waals surface area contributed by atoms with Crippen LogP contribution in [0, 0.1) is 0 Å². The molecule has 0 aliphatic carbocycles. The lowest BCUT2D eigenvalue weighted by atomic mass is 10.1. The van der Waals surface area contributed by atoms with Gasteiger partial charge in [0.05, 0.1) is 17.7 Å². The summed E-state index contributed by atoms with van der Waals surface area (Å²) in [5, 5.41) is 2.92. The number of nitrogens with one attached hydrogen (secondary N) is 1. The van der Waals surface area contributed by atoms with Crippen molar-refractivity contribution in [2.24, 2.45) is 0 Å². The molecule has 1 aliphatic heterocycles. The van der Waals surface area contributed by atoms with E-state index in [0.29, 0.717) is 6.61 Å². The molecule has 1 fully saturated rings. The van der Waals surface area contributed by atoms with E-state index in [9.17, 15) is 13.2 Å². The molecule has 19 heavy (non-hydrogen) atoms. The normalized spacial score (nSPS) is 21.4. The molecular weight excluding hydrogens is 259 g/mol. The van der Waals surface area contributed by atoms with Crippen molar-refractivity contribution in [2.75, 3.05) is 17.7 Å². The Morgan fingerprint density at radius 2 is 2.21 bits per heavy atom. The van der Waals surface area contributed by atoms with Gasteiger partial charge in [0.15, 0.2) is 0 Å². The molecule has 1 aromatic rings. The first-order chi connectivity index (χ1) is 8.86. The van der Waals surface area contributed by atoms with Gasteiger partial charge in [0.25, 0.3) is 0 Å². The first kappa shape index (κ1) is 13.9. The lowest BCUT2D eigenvalue weighted by Crippen LogP contribution is -2.30. The number of hydrogen-bond acceptors (Lipinski definition) is 4. The van der Waals surface area contributed by atoms with Crippen LogP contribution in [-0.4, -0.2) is 23.7 Å². The highest BCUT2D eigenvalue weighted by molar-refractivity contribution is 5.48. The second kappa shape index (κ2) is 5.24. The number of hydrogen-bond donors (Lipinski definition) is 2. The third kappa shape index (κ3) is 3.50. The summed E-state index contributed by atoms with van der Waals surface area (Å²) in [5.41, 5.74) is 4.60. The van der Waals surface area contributed by atoms with Crippen LogP contribution in [-0.2, 0) is 10.9 Å². The Morgan fingerprint density at radius 3 is 2.79 bits per heavy atom. The van der Waals surface area contributed by atoms with Gasteiger partial charge in [-0.1, -0.05) is 0 Å². The van der Waals surface area contributed by atoms with Crippen molar-refractivity contribution < 1.29 is 17.9 Å². The number of ether oxygens (including phenoxy) is 1. The fraction of sp³-hybridized carbons (Fsp3) is 0.583. The average molecular weight is 275 g/mol. The van der Waals surface area contributed by atoms with Gasteiger partial charge in [0.1, 0.15) is 11.6 Å². The molecule has 4 nitrogen and oxygen atoms in total. The van der Waals surface area contributed by atoms with Gasteiger partial charge in [-0.05, 0) is 31.9 Å². The minimum absolute atomic E-state index is 0.00225. The second-order valence-electron chi connectivity index (χ2n) is 4.65. The predicted octanol–water partition coefficient (Wildman–Crippen LogP) is 2.66. The molecule has 0 radical (unpaired) electrons. The van der Waals surface area contributed by atoms with Gasteiger partial charge in [-0.3, -0.25) is 0 Å². The summed E-state index contributed by atoms with van der Waals surface area (Å²) in [5.74, 6) is -0.0350. The Morgan fingerprint density at radius 1 is 1.47 bits per heavy atom. The van der Waals surface area contributed by atoms with E-state index in [1.165, 1.54) is 0 Å². The predicted molar refractivity (Wildman–Crippen MR) is 65.7 cm³/mol. The highest BCUT2D eigenvalue weighted by Gasteiger charge is 2.32. The number of rotatable bonds is 3. The van der Waals surface area contributed by atoms with Crippen LogP contribution >= 0.6 is 0 Å². The molecule has 2 heterocycles. The Bertz CT molecular complexity index is 444. The van der Waals surface area contributed by atoms with Gasteiger partial charge in [-0.15, -0.1) is 0 Å². The molecule has 0 amide bonds. The van der Waals surface area contributed by atoms with Gasteiger partial charge in [-0.2, -0.15) is 13.2 Å². The van der Waals surface area contributed by atoms with Crippen LogP contribution in [0.4, 0.5) is 24.8 Å². The average Bonchev–Trinajstić information content (AvgIpc) is 2.80. The highest BCUT2D eigenvalue weighted by atomic mass is 19.4. The summed E-state index contributed by atoms with van der Waals surface area (Å²) in [7, 11) is 0. The van der Waals surface area contributed by atoms with Crippen molar-refractivity contribution in [3.05, 3.63) is 17.7 Å². The highest BCUT2D eigenvalue weighted by Crippen LogP contribution is 2.31. The quantitative estimate of drug-likeness (QED) is 0.890. The standard InChI is InChI=1S/C12H16F3N3O/c1-7(9-3-2-4-19-9)17-11-6-8(12(13,14)15)5-10(16)18-11/h5-7,9H,2-4H2,1H3,(H3,16,17,18). The van der Waals surface area contributed by atoms with E-state index in [0.717, 1.165) is 25.0 Å². The first-order valence-corrected chi connectivity index (χ1v) is 6.09. The van der Waals surface area contributed by atoms with Gasteiger partial charge >= 0.3 is 6.18 Å². The van der Waals surface area contributed by atoms with Gasteiger partial charge in [0, 0.05) is 6.61 Å². The van der Waals surface area contributed by atoms with Crippen molar-refractivity contribution >= 4 is 11.6 Å².